The number of halogens is 2. The predicted octanol–water partition coefficient (Wildman–Crippen LogP) is 5.75. The second-order valence-corrected chi connectivity index (χ2v) is 8.54. The summed E-state index contributed by atoms with van der Waals surface area (Å²) in [5, 5.41) is 12.2. The summed E-state index contributed by atoms with van der Waals surface area (Å²) in [6.07, 6.45) is 1.80. The minimum absolute atomic E-state index is 0.112. The number of carbonyl (C=O) groups excluding carboxylic acids is 2. The zero-order valence-electron chi connectivity index (χ0n) is 19.1. The van der Waals surface area contributed by atoms with Crippen LogP contribution in [0.3, 0.4) is 0 Å². The van der Waals surface area contributed by atoms with E-state index in [1.54, 1.807) is 49.4 Å². The Labute approximate surface area is 216 Å². The summed E-state index contributed by atoms with van der Waals surface area (Å²) in [5.41, 5.74) is 2.61. The Morgan fingerprint density at radius 2 is 1.86 bits per heavy atom. The maximum Gasteiger partial charge on any atom is 0.338 e. The van der Waals surface area contributed by atoms with Gasteiger partial charge in [0, 0.05) is 21.2 Å². The van der Waals surface area contributed by atoms with E-state index in [1.165, 1.54) is 31.4 Å². The molecule has 0 fully saturated rings. The smallest absolute Gasteiger partial charge is 0.338 e. The van der Waals surface area contributed by atoms with Gasteiger partial charge in [0.1, 0.15) is 23.2 Å². The number of nitriles is 1. The van der Waals surface area contributed by atoms with Crippen molar-refractivity contribution in [2.45, 2.75) is 13.3 Å². The third kappa shape index (κ3) is 6.67. The summed E-state index contributed by atoms with van der Waals surface area (Å²) in [5.74, 6) is -0.822. The minimum atomic E-state index is -0.596. The van der Waals surface area contributed by atoms with E-state index in [2.05, 4.69) is 27.9 Å². The molecule has 0 saturated carbocycles. The molecule has 0 heterocycles. The number of hydrogen-bond donors (Lipinski definition) is 1. The summed E-state index contributed by atoms with van der Waals surface area (Å²) in [6, 6.07) is 18.1. The SMILES string of the molecule is CCOC(=O)c1ccc(NC(=O)/C(C#N)=C/c2cc(I)c(Cc3ccccc3F)c(OC)c2)cc1. The summed E-state index contributed by atoms with van der Waals surface area (Å²) in [7, 11) is 1.52. The van der Waals surface area contributed by atoms with Gasteiger partial charge in [0.25, 0.3) is 5.91 Å². The number of esters is 1. The van der Waals surface area contributed by atoms with Gasteiger partial charge in [-0.25, -0.2) is 9.18 Å². The Hall–Kier alpha value is -3.71. The first-order valence-corrected chi connectivity index (χ1v) is 11.7. The highest BCUT2D eigenvalue weighted by Crippen LogP contribution is 2.30. The van der Waals surface area contributed by atoms with Gasteiger partial charge >= 0.3 is 5.97 Å². The molecule has 8 heteroatoms. The molecule has 0 aromatic heterocycles. The Morgan fingerprint density at radius 3 is 2.49 bits per heavy atom. The van der Waals surface area contributed by atoms with Gasteiger partial charge in [-0.3, -0.25) is 4.79 Å². The fourth-order valence-electron chi connectivity index (χ4n) is 3.32. The molecule has 0 aliphatic heterocycles. The lowest BCUT2D eigenvalue weighted by Crippen LogP contribution is -2.13. The summed E-state index contributed by atoms with van der Waals surface area (Å²) < 4.78 is 25.4. The number of hydrogen-bond acceptors (Lipinski definition) is 5. The average molecular weight is 584 g/mol. The van der Waals surface area contributed by atoms with Gasteiger partial charge in [0.15, 0.2) is 0 Å². The first kappa shape index (κ1) is 25.9. The third-order valence-corrected chi connectivity index (χ3v) is 6.01. The van der Waals surface area contributed by atoms with Crippen LogP contribution in [0.1, 0.15) is 34.0 Å². The van der Waals surface area contributed by atoms with E-state index in [-0.39, 0.29) is 18.0 Å². The molecule has 0 atom stereocenters. The molecule has 1 N–H and O–H groups in total. The number of amides is 1. The van der Waals surface area contributed by atoms with Crippen molar-refractivity contribution in [1.82, 2.24) is 0 Å². The summed E-state index contributed by atoms with van der Waals surface area (Å²) in [6.45, 7) is 1.98. The van der Waals surface area contributed by atoms with Crippen LogP contribution in [0.2, 0.25) is 0 Å². The highest BCUT2D eigenvalue weighted by molar-refractivity contribution is 14.1. The van der Waals surface area contributed by atoms with Crippen LogP contribution in [0.5, 0.6) is 5.75 Å². The standard InChI is InChI=1S/C27H22FIN2O4/c1-3-35-27(33)18-8-10-21(11-9-18)31-26(32)20(16-30)12-17-13-24(29)22(25(14-17)34-2)15-19-6-4-5-7-23(19)28/h4-14H,3,15H2,1-2H3,(H,31,32)/b20-12+. The lowest BCUT2D eigenvalue weighted by atomic mass is 10.0. The number of carbonyl (C=O) groups is 2. The lowest BCUT2D eigenvalue weighted by Gasteiger charge is -2.13. The topological polar surface area (TPSA) is 88.4 Å². The van der Waals surface area contributed by atoms with Crippen molar-refractivity contribution in [1.29, 1.82) is 5.26 Å². The zero-order chi connectivity index (χ0) is 25.4. The van der Waals surface area contributed by atoms with Crippen molar-refractivity contribution in [3.63, 3.8) is 0 Å². The van der Waals surface area contributed by atoms with Crippen LogP contribution >= 0.6 is 22.6 Å². The first-order chi connectivity index (χ1) is 16.9. The van der Waals surface area contributed by atoms with Crippen LogP contribution in [0.4, 0.5) is 10.1 Å². The molecule has 1 amide bonds. The van der Waals surface area contributed by atoms with Gasteiger partial charge in [-0.05, 0) is 89.2 Å². The van der Waals surface area contributed by atoms with E-state index < -0.39 is 11.9 Å². The Bertz CT molecular complexity index is 1310. The molecular formula is C27H22FIN2O4. The highest BCUT2D eigenvalue weighted by Gasteiger charge is 2.15. The van der Waals surface area contributed by atoms with Crippen LogP contribution in [-0.4, -0.2) is 25.6 Å². The Morgan fingerprint density at radius 1 is 1.14 bits per heavy atom. The van der Waals surface area contributed by atoms with Crippen molar-refractivity contribution in [2.75, 3.05) is 19.0 Å². The van der Waals surface area contributed by atoms with Gasteiger partial charge in [-0.15, -0.1) is 0 Å². The summed E-state index contributed by atoms with van der Waals surface area (Å²) in [4.78, 5) is 24.5. The van der Waals surface area contributed by atoms with Crippen LogP contribution in [0, 0.1) is 20.7 Å². The number of nitrogens with zero attached hydrogens (tertiary/aromatic N) is 1. The van der Waals surface area contributed by atoms with E-state index in [1.807, 2.05) is 6.07 Å². The second-order valence-electron chi connectivity index (χ2n) is 7.37. The Balaban J connectivity index is 1.82. The van der Waals surface area contributed by atoms with E-state index >= 15 is 0 Å². The molecule has 0 bridgehead atoms. The van der Waals surface area contributed by atoms with Gasteiger partial charge < -0.3 is 14.8 Å². The third-order valence-electron chi connectivity index (χ3n) is 5.05. The van der Waals surface area contributed by atoms with Gasteiger partial charge in [0.05, 0.1) is 19.3 Å². The molecule has 6 nitrogen and oxygen atoms in total. The molecule has 3 aromatic carbocycles. The van der Waals surface area contributed by atoms with Crippen molar-refractivity contribution in [3.05, 3.63) is 97.9 Å². The molecular weight excluding hydrogens is 562 g/mol. The van der Waals surface area contributed by atoms with E-state index in [4.69, 9.17) is 9.47 Å². The number of anilines is 1. The predicted molar refractivity (Wildman–Crippen MR) is 140 cm³/mol. The first-order valence-electron chi connectivity index (χ1n) is 10.7. The molecule has 178 valence electrons. The van der Waals surface area contributed by atoms with Gasteiger partial charge in [-0.2, -0.15) is 5.26 Å². The number of rotatable bonds is 8. The van der Waals surface area contributed by atoms with Crippen molar-refractivity contribution < 1.29 is 23.5 Å². The van der Waals surface area contributed by atoms with E-state index in [9.17, 15) is 19.2 Å². The van der Waals surface area contributed by atoms with Gasteiger partial charge in [0.2, 0.25) is 0 Å². The van der Waals surface area contributed by atoms with Crippen LogP contribution < -0.4 is 10.1 Å². The van der Waals surface area contributed by atoms with Crippen molar-refractivity contribution in [2.24, 2.45) is 0 Å². The molecule has 0 unspecified atom stereocenters. The molecule has 3 aromatic rings. The van der Waals surface area contributed by atoms with Crippen LogP contribution in [0.25, 0.3) is 6.08 Å². The maximum atomic E-state index is 14.1. The highest BCUT2D eigenvalue weighted by atomic mass is 127. The molecule has 0 aliphatic rings. The Kier molecular flexibility index (Phi) is 8.98. The fraction of sp³-hybridized carbons (Fsp3) is 0.148. The van der Waals surface area contributed by atoms with Gasteiger partial charge in [-0.1, -0.05) is 18.2 Å². The molecule has 3 rings (SSSR count). The maximum absolute atomic E-state index is 14.1. The largest absolute Gasteiger partial charge is 0.496 e. The molecule has 0 saturated heterocycles. The van der Waals surface area contributed by atoms with E-state index in [0.29, 0.717) is 34.5 Å². The molecule has 0 aliphatic carbocycles. The summed E-state index contributed by atoms with van der Waals surface area (Å²) >= 11 is 2.13. The van der Waals surface area contributed by atoms with Crippen molar-refractivity contribution in [3.8, 4) is 11.8 Å². The monoisotopic (exact) mass is 584 g/mol. The van der Waals surface area contributed by atoms with Crippen LogP contribution in [0.15, 0.2) is 66.2 Å². The second kappa shape index (κ2) is 12.1. The lowest BCUT2D eigenvalue weighted by molar-refractivity contribution is -0.112. The fourth-order valence-corrected chi connectivity index (χ4v) is 4.13. The van der Waals surface area contributed by atoms with E-state index in [0.717, 1.165) is 9.13 Å². The molecule has 0 spiro atoms. The minimum Gasteiger partial charge on any atom is -0.496 e. The van der Waals surface area contributed by atoms with Crippen molar-refractivity contribution >= 4 is 46.2 Å². The number of methoxy groups -OCH3 is 1. The number of nitrogens with one attached hydrogen (secondary N) is 1. The number of ether oxygens (including phenoxy) is 2. The molecule has 35 heavy (non-hydrogen) atoms. The average Bonchev–Trinajstić information content (AvgIpc) is 2.85. The zero-order valence-corrected chi connectivity index (χ0v) is 21.3. The van der Waals surface area contributed by atoms with Crippen LogP contribution in [-0.2, 0) is 16.0 Å². The number of benzene rings is 3. The quantitative estimate of drug-likeness (QED) is 0.158. The molecule has 0 radical (unpaired) electrons. The normalized spacial score (nSPS) is 10.9.